The highest BCUT2D eigenvalue weighted by atomic mass is 16.2. The van der Waals surface area contributed by atoms with Crippen LogP contribution in [0.3, 0.4) is 0 Å². The van der Waals surface area contributed by atoms with Gasteiger partial charge in [-0.05, 0) is 42.8 Å². The largest absolute Gasteiger partial charge is 0.326 e. The van der Waals surface area contributed by atoms with Crippen molar-refractivity contribution in [2.24, 2.45) is 5.92 Å². The molecule has 0 aliphatic heterocycles. The second-order valence-corrected chi connectivity index (χ2v) is 5.32. The minimum Gasteiger partial charge on any atom is -0.326 e. The van der Waals surface area contributed by atoms with Gasteiger partial charge in [-0.1, -0.05) is 32.0 Å². The Morgan fingerprint density at radius 2 is 1.30 bits per heavy atom. The third-order valence-electron chi connectivity index (χ3n) is 3.50. The molecule has 2 aromatic carbocycles. The summed E-state index contributed by atoms with van der Waals surface area (Å²) in [6.45, 7) is 3.86. The standard InChI is InChI=1S/C18H21N3O2/c1-3-13(2)17(22)19-15-9-11-16(12-10-15)21-18(23)20-14-7-5-4-6-8-14/h4-13H,3H2,1-2H3,(H,19,22)(H2,20,21,23). The Morgan fingerprint density at radius 3 is 1.83 bits per heavy atom. The number of para-hydroxylation sites is 1. The summed E-state index contributed by atoms with van der Waals surface area (Å²) >= 11 is 0. The first-order valence-corrected chi connectivity index (χ1v) is 7.62. The Bertz CT molecular complexity index is 654. The quantitative estimate of drug-likeness (QED) is 0.770. The Kier molecular flexibility index (Phi) is 5.74. The van der Waals surface area contributed by atoms with Crippen LogP contribution < -0.4 is 16.0 Å². The summed E-state index contributed by atoms with van der Waals surface area (Å²) in [6, 6.07) is 15.9. The number of rotatable bonds is 5. The Hall–Kier alpha value is -2.82. The molecule has 0 saturated heterocycles. The highest BCUT2D eigenvalue weighted by molar-refractivity contribution is 6.00. The Balaban J connectivity index is 1.89. The van der Waals surface area contributed by atoms with Crippen LogP contribution in [0.4, 0.5) is 21.9 Å². The fraction of sp³-hybridized carbons (Fsp3) is 0.222. The first-order valence-electron chi connectivity index (χ1n) is 7.62. The number of carbonyl (C=O) groups excluding carboxylic acids is 2. The van der Waals surface area contributed by atoms with E-state index >= 15 is 0 Å². The van der Waals surface area contributed by atoms with Gasteiger partial charge in [-0.25, -0.2) is 4.79 Å². The lowest BCUT2D eigenvalue weighted by Gasteiger charge is -2.11. The van der Waals surface area contributed by atoms with Crippen LogP contribution in [0.15, 0.2) is 54.6 Å². The van der Waals surface area contributed by atoms with Crippen molar-refractivity contribution < 1.29 is 9.59 Å². The van der Waals surface area contributed by atoms with Crippen molar-refractivity contribution in [2.45, 2.75) is 20.3 Å². The molecule has 0 aromatic heterocycles. The monoisotopic (exact) mass is 311 g/mol. The van der Waals surface area contributed by atoms with Crippen LogP contribution in [0.2, 0.25) is 0 Å². The molecule has 0 aliphatic carbocycles. The molecule has 0 spiro atoms. The second kappa shape index (κ2) is 7.98. The highest BCUT2D eigenvalue weighted by Crippen LogP contribution is 2.15. The number of benzene rings is 2. The second-order valence-electron chi connectivity index (χ2n) is 5.32. The van der Waals surface area contributed by atoms with E-state index in [0.717, 1.165) is 12.1 Å². The van der Waals surface area contributed by atoms with Gasteiger partial charge in [0.2, 0.25) is 5.91 Å². The number of carbonyl (C=O) groups is 2. The zero-order valence-electron chi connectivity index (χ0n) is 13.3. The molecule has 2 aromatic rings. The molecule has 5 nitrogen and oxygen atoms in total. The van der Waals surface area contributed by atoms with Gasteiger partial charge < -0.3 is 16.0 Å². The van der Waals surface area contributed by atoms with E-state index in [0.29, 0.717) is 11.4 Å². The zero-order valence-corrected chi connectivity index (χ0v) is 13.3. The SMILES string of the molecule is CCC(C)C(=O)Nc1ccc(NC(=O)Nc2ccccc2)cc1. The molecule has 2 rings (SSSR count). The van der Waals surface area contributed by atoms with E-state index in [1.54, 1.807) is 24.3 Å². The van der Waals surface area contributed by atoms with Crippen molar-refractivity contribution in [1.82, 2.24) is 0 Å². The van der Waals surface area contributed by atoms with E-state index in [9.17, 15) is 9.59 Å². The molecule has 1 unspecified atom stereocenters. The van der Waals surface area contributed by atoms with Crippen LogP contribution in [0.1, 0.15) is 20.3 Å². The van der Waals surface area contributed by atoms with Crippen LogP contribution in [-0.4, -0.2) is 11.9 Å². The molecule has 0 saturated carbocycles. The minimum absolute atomic E-state index is 0.00460. The molecule has 0 bridgehead atoms. The summed E-state index contributed by atoms with van der Waals surface area (Å²) in [4.78, 5) is 23.7. The third kappa shape index (κ3) is 5.14. The predicted molar refractivity (Wildman–Crippen MR) is 93.6 cm³/mol. The van der Waals surface area contributed by atoms with Crippen molar-refractivity contribution in [3.63, 3.8) is 0 Å². The first-order chi connectivity index (χ1) is 11.1. The summed E-state index contributed by atoms with van der Waals surface area (Å²) in [5.41, 5.74) is 2.09. The van der Waals surface area contributed by atoms with Gasteiger partial charge >= 0.3 is 6.03 Å². The van der Waals surface area contributed by atoms with E-state index in [1.807, 2.05) is 44.2 Å². The van der Waals surface area contributed by atoms with Gasteiger partial charge in [-0.2, -0.15) is 0 Å². The van der Waals surface area contributed by atoms with Gasteiger partial charge in [0, 0.05) is 23.0 Å². The van der Waals surface area contributed by atoms with Crippen molar-refractivity contribution >= 4 is 29.0 Å². The summed E-state index contributed by atoms with van der Waals surface area (Å²) in [6.07, 6.45) is 0.797. The van der Waals surface area contributed by atoms with Gasteiger partial charge in [0.05, 0.1) is 0 Å². The Labute approximate surface area is 136 Å². The summed E-state index contributed by atoms with van der Waals surface area (Å²) < 4.78 is 0. The molecular formula is C18H21N3O2. The lowest BCUT2D eigenvalue weighted by molar-refractivity contribution is -0.119. The minimum atomic E-state index is -0.312. The summed E-state index contributed by atoms with van der Waals surface area (Å²) in [7, 11) is 0. The van der Waals surface area contributed by atoms with Crippen molar-refractivity contribution in [3.8, 4) is 0 Å². The maximum atomic E-state index is 11.9. The van der Waals surface area contributed by atoms with Crippen LogP contribution in [0.25, 0.3) is 0 Å². The molecule has 1 atom stereocenters. The van der Waals surface area contributed by atoms with E-state index in [2.05, 4.69) is 16.0 Å². The lowest BCUT2D eigenvalue weighted by atomic mass is 10.1. The van der Waals surface area contributed by atoms with Gasteiger partial charge in [0.1, 0.15) is 0 Å². The molecule has 120 valence electrons. The molecule has 3 N–H and O–H groups in total. The van der Waals surface area contributed by atoms with Gasteiger partial charge in [0.15, 0.2) is 0 Å². The molecule has 0 aliphatic rings. The first kappa shape index (κ1) is 16.5. The van der Waals surface area contributed by atoms with E-state index in [-0.39, 0.29) is 17.9 Å². The Morgan fingerprint density at radius 1 is 0.826 bits per heavy atom. The van der Waals surface area contributed by atoms with Gasteiger partial charge in [-0.3, -0.25) is 4.79 Å². The van der Waals surface area contributed by atoms with E-state index in [1.165, 1.54) is 0 Å². The molecule has 23 heavy (non-hydrogen) atoms. The highest BCUT2D eigenvalue weighted by Gasteiger charge is 2.10. The number of anilines is 3. The summed E-state index contributed by atoms with van der Waals surface area (Å²) in [5.74, 6) is -0.0283. The maximum absolute atomic E-state index is 11.9. The maximum Gasteiger partial charge on any atom is 0.323 e. The predicted octanol–water partition coefficient (Wildman–Crippen LogP) is 4.32. The average molecular weight is 311 g/mol. The molecule has 3 amide bonds. The van der Waals surface area contributed by atoms with Crippen molar-refractivity contribution in [1.29, 1.82) is 0 Å². The van der Waals surface area contributed by atoms with Crippen molar-refractivity contribution in [2.75, 3.05) is 16.0 Å². The average Bonchev–Trinajstić information content (AvgIpc) is 2.56. The molecule has 5 heteroatoms. The number of hydrogen-bond donors (Lipinski definition) is 3. The van der Waals surface area contributed by atoms with Gasteiger partial charge in [-0.15, -0.1) is 0 Å². The van der Waals surface area contributed by atoms with Crippen LogP contribution in [0.5, 0.6) is 0 Å². The number of hydrogen-bond acceptors (Lipinski definition) is 2. The van der Waals surface area contributed by atoms with Crippen molar-refractivity contribution in [3.05, 3.63) is 54.6 Å². The van der Waals surface area contributed by atoms with E-state index in [4.69, 9.17) is 0 Å². The fourth-order valence-corrected chi connectivity index (χ4v) is 1.90. The summed E-state index contributed by atoms with van der Waals surface area (Å²) in [5, 5.41) is 8.33. The zero-order chi connectivity index (χ0) is 16.7. The van der Waals surface area contributed by atoms with Crippen LogP contribution in [0, 0.1) is 5.92 Å². The normalized spacial score (nSPS) is 11.4. The molecular weight excluding hydrogens is 290 g/mol. The molecule has 0 radical (unpaired) electrons. The van der Waals surface area contributed by atoms with Crippen LogP contribution >= 0.6 is 0 Å². The third-order valence-corrected chi connectivity index (χ3v) is 3.50. The number of amides is 3. The van der Waals surface area contributed by atoms with Crippen LogP contribution in [-0.2, 0) is 4.79 Å². The number of nitrogens with one attached hydrogen (secondary N) is 3. The fourth-order valence-electron chi connectivity index (χ4n) is 1.90. The topological polar surface area (TPSA) is 70.2 Å². The van der Waals surface area contributed by atoms with E-state index < -0.39 is 0 Å². The smallest absolute Gasteiger partial charge is 0.323 e. The lowest BCUT2D eigenvalue weighted by Crippen LogP contribution is -2.20. The molecule has 0 heterocycles. The number of urea groups is 1. The van der Waals surface area contributed by atoms with Gasteiger partial charge in [0.25, 0.3) is 0 Å². The molecule has 0 fully saturated rings.